The summed E-state index contributed by atoms with van der Waals surface area (Å²) in [6.45, 7) is 4.99. The van der Waals surface area contributed by atoms with Gasteiger partial charge in [0, 0.05) is 33.2 Å². The highest BCUT2D eigenvalue weighted by molar-refractivity contribution is 5.92. The molecular formula is C21H32N2O4. The lowest BCUT2D eigenvalue weighted by atomic mass is 9.88. The largest absolute Gasteiger partial charge is 0.444 e. The zero-order valence-electron chi connectivity index (χ0n) is 27.4. The Morgan fingerprint density at radius 2 is 2.07 bits per heavy atom. The third kappa shape index (κ3) is 7.59. The molecule has 6 heteroatoms. The number of benzene rings is 1. The molecule has 1 atom stereocenters. The van der Waals surface area contributed by atoms with Gasteiger partial charge in [0.15, 0.2) is 1.41 Å². The summed E-state index contributed by atoms with van der Waals surface area (Å²) in [6.07, 6.45) is -21.4. The van der Waals surface area contributed by atoms with Gasteiger partial charge < -0.3 is 20.5 Å². The van der Waals surface area contributed by atoms with E-state index < -0.39 is 61.5 Å². The predicted octanol–water partition coefficient (Wildman–Crippen LogP) is 4.15. The third-order valence-corrected chi connectivity index (χ3v) is 3.29. The topological polar surface area (TPSA) is 87.7 Å². The van der Waals surface area contributed by atoms with Gasteiger partial charge in [-0.25, -0.2) is 4.79 Å². The van der Waals surface area contributed by atoms with Crippen molar-refractivity contribution in [3.05, 3.63) is 29.8 Å². The summed E-state index contributed by atoms with van der Waals surface area (Å²) in [5.41, 5.74) is -0.994. The van der Waals surface area contributed by atoms with Gasteiger partial charge in [0.25, 0.3) is 0 Å². The minimum absolute atomic E-state index is 0.0216. The molecule has 3 N–H and O–H groups in total. The molecule has 27 heavy (non-hydrogen) atoms. The third-order valence-electron chi connectivity index (χ3n) is 3.29. The number of amides is 2. The summed E-state index contributed by atoms with van der Waals surface area (Å²) < 4.78 is 102. The molecule has 1 fully saturated rings. The minimum atomic E-state index is -3.95. The quantitative estimate of drug-likeness (QED) is 0.683. The van der Waals surface area contributed by atoms with Gasteiger partial charge in [-0.1, -0.05) is 31.3 Å². The number of anilines is 1. The van der Waals surface area contributed by atoms with Crippen molar-refractivity contribution in [1.82, 2.24) is 5.32 Å². The van der Waals surface area contributed by atoms with Gasteiger partial charge in [-0.2, -0.15) is 0 Å². The number of ether oxygens (including phenoxy) is 1. The number of hydrogen-bond donors (Lipinski definition) is 3. The molecule has 0 bridgehead atoms. The van der Waals surface area contributed by atoms with Crippen LogP contribution in [0, 0.1) is 5.89 Å². The van der Waals surface area contributed by atoms with E-state index in [9.17, 15) is 14.7 Å². The van der Waals surface area contributed by atoms with Crippen molar-refractivity contribution in [1.29, 1.82) is 0 Å². The molecule has 0 saturated heterocycles. The fourth-order valence-corrected chi connectivity index (χ4v) is 2.12. The highest BCUT2D eigenvalue weighted by atomic mass is 16.6. The summed E-state index contributed by atoms with van der Waals surface area (Å²) in [5.74, 6) is -5.94. The summed E-state index contributed by atoms with van der Waals surface area (Å²) in [6, 6.07) is 4.94. The Kier molecular flexibility index (Phi) is 3.58. The second-order valence-electron chi connectivity index (χ2n) is 6.75. The fourth-order valence-electron chi connectivity index (χ4n) is 2.12. The van der Waals surface area contributed by atoms with E-state index in [1.165, 1.54) is 12.1 Å². The number of nitrogens with one attached hydrogen (secondary N) is 2. The van der Waals surface area contributed by atoms with Crippen LogP contribution < -0.4 is 10.6 Å². The molecular weight excluding hydrogens is 344 g/mol. The summed E-state index contributed by atoms with van der Waals surface area (Å²) in [4.78, 5) is 25.1. The van der Waals surface area contributed by atoms with E-state index in [4.69, 9.17) is 21.2 Å². The molecule has 1 aliphatic rings. The summed E-state index contributed by atoms with van der Waals surface area (Å²) >= 11 is 0. The van der Waals surface area contributed by atoms with Crippen molar-refractivity contribution < 1.29 is 35.9 Å². The summed E-state index contributed by atoms with van der Waals surface area (Å²) in [7, 11) is 0. The van der Waals surface area contributed by atoms with E-state index in [1.807, 2.05) is 0 Å². The van der Waals surface area contributed by atoms with Gasteiger partial charge in [-0.3, -0.25) is 4.79 Å². The Labute approximate surface area is 178 Å². The fraction of sp³-hybridized carbons (Fsp3) is 0.619. The van der Waals surface area contributed by atoms with Gasteiger partial charge in [0.2, 0.25) is 5.91 Å². The number of alkyl carbamates (subject to hydrolysis) is 1. The molecule has 1 aromatic carbocycles. The van der Waals surface area contributed by atoms with E-state index in [2.05, 4.69) is 5.32 Å². The zero-order chi connectivity index (χ0) is 30.6. The van der Waals surface area contributed by atoms with E-state index in [0.717, 1.165) is 12.1 Å². The molecule has 1 aliphatic carbocycles. The van der Waals surface area contributed by atoms with Crippen LogP contribution in [0.5, 0.6) is 0 Å². The van der Waals surface area contributed by atoms with Crippen LogP contribution in [-0.2, 0) is 9.53 Å². The van der Waals surface area contributed by atoms with Crippen molar-refractivity contribution in [3.8, 4) is 0 Å². The monoisotopic (exact) mass is 388 g/mol. The van der Waals surface area contributed by atoms with E-state index >= 15 is 0 Å². The molecule has 1 unspecified atom stereocenters. The van der Waals surface area contributed by atoms with Crippen LogP contribution in [0.4, 0.5) is 10.5 Å². The van der Waals surface area contributed by atoms with Crippen LogP contribution in [-0.4, -0.2) is 29.3 Å². The van der Waals surface area contributed by atoms with Crippen LogP contribution in [0.25, 0.3) is 0 Å². The average molecular weight is 389 g/mol. The Morgan fingerprint density at radius 3 is 2.74 bits per heavy atom. The number of carbonyl (C=O) groups is 2. The van der Waals surface area contributed by atoms with Gasteiger partial charge in [-0.15, -0.1) is 0 Å². The van der Waals surface area contributed by atoms with E-state index in [-0.39, 0.29) is 29.5 Å². The molecule has 0 heterocycles. The Hall–Kier alpha value is -2.08. The Bertz CT molecular complexity index is 1080. The predicted molar refractivity (Wildman–Crippen MR) is 105 cm³/mol. The number of carbonyl (C=O) groups excluding carboxylic acids is 2. The van der Waals surface area contributed by atoms with Gasteiger partial charge in [-0.05, 0) is 57.6 Å². The van der Waals surface area contributed by atoms with Crippen LogP contribution >= 0.6 is 0 Å². The lowest BCUT2D eigenvalue weighted by Gasteiger charge is -2.21. The van der Waals surface area contributed by atoms with Crippen LogP contribution in [0.3, 0.4) is 0 Å². The molecule has 150 valence electrons. The maximum Gasteiger partial charge on any atom is 0.407 e. The van der Waals surface area contributed by atoms with Crippen molar-refractivity contribution in [3.63, 3.8) is 0 Å². The molecule has 0 aliphatic heterocycles. The maximum atomic E-state index is 13.4. The smallest absolute Gasteiger partial charge is 0.407 e. The average Bonchev–Trinajstić information content (AvgIpc) is 2.79. The van der Waals surface area contributed by atoms with E-state index in [1.54, 1.807) is 20.8 Å². The lowest BCUT2D eigenvalue weighted by Crippen LogP contribution is -2.33. The molecule has 1 saturated carbocycles. The van der Waals surface area contributed by atoms with Crippen molar-refractivity contribution in [2.75, 3.05) is 11.9 Å². The molecule has 0 radical (unpaired) electrons. The highest BCUT2D eigenvalue weighted by Gasteiger charge is 2.21. The first-order valence-electron chi connectivity index (χ1n) is 14.3. The molecule has 0 spiro atoms. The second kappa shape index (κ2) is 9.74. The molecule has 2 amide bonds. The SMILES string of the molecule is [2H]N(C(=O)C1([2H])C([2H])([2H])C([2H])([2H])C([2H])([2H])C([2H])([2H])C1([2H])[2H])c1cccc(C(O)CCNC(=O)OC(C)(C)C)c1. The highest BCUT2D eigenvalue weighted by Crippen LogP contribution is 2.26. The molecule has 1 aromatic rings. The first-order chi connectivity index (χ1) is 17.3. The number of aliphatic hydroxyl groups is 1. The Morgan fingerprint density at radius 1 is 1.37 bits per heavy atom. The second-order valence-corrected chi connectivity index (χ2v) is 6.75. The van der Waals surface area contributed by atoms with Crippen molar-refractivity contribution in [2.45, 2.75) is 70.8 Å². The van der Waals surface area contributed by atoms with Crippen molar-refractivity contribution >= 4 is 17.7 Å². The van der Waals surface area contributed by atoms with E-state index in [0.29, 0.717) is 0 Å². The Balaban J connectivity index is 2.37. The maximum absolute atomic E-state index is 13.4. The van der Waals surface area contributed by atoms with Crippen molar-refractivity contribution in [2.24, 2.45) is 5.89 Å². The number of aliphatic hydroxyl groups excluding tert-OH is 1. The van der Waals surface area contributed by atoms with Gasteiger partial charge in [0.1, 0.15) is 5.60 Å². The number of hydrogen-bond acceptors (Lipinski definition) is 4. The normalized spacial score (nSPS) is 33.5. The molecule has 0 aromatic heterocycles. The zero-order valence-corrected chi connectivity index (χ0v) is 15.4. The van der Waals surface area contributed by atoms with Gasteiger partial charge >= 0.3 is 6.09 Å². The molecule has 6 nitrogen and oxygen atoms in total. The van der Waals surface area contributed by atoms with Crippen LogP contribution in [0.2, 0.25) is 1.41 Å². The first kappa shape index (κ1) is 9.92. The lowest BCUT2D eigenvalue weighted by molar-refractivity contribution is -0.120. The van der Waals surface area contributed by atoms with Crippen LogP contribution in [0.15, 0.2) is 24.3 Å². The molecule has 2 rings (SSSR count). The minimum Gasteiger partial charge on any atom is -0.444 e. The van der Waals surface area contributed by atoms with Crippen LogP contribution in [0.1, 0.15) is 85.8 Å². The first-order valence-corrected chi connectivity index (χ1v) is 8.39. The summed E-state index contributed by atoms with van der Waals surface area (Å²) in [5, 5.41) is 12.9. The standard InChI is InChI=1S/C21H32N2O4/c1-21(2,3)27-20(26)22-13-12-18(24)16-10-7-11-17(14-16)23-19(25)15-8-5-4-6-9-15/h7,10-11,14-15,18,24H,4-6,8-9,12-13H2,1-3H3,(H,22,26)(H,23,25)/i4D2,5D2,6D2,8D2,9D2,15D/hD. The van der Waals surface area contributed by atoms with Gasteiger partial charge in [0.05, 0.1) is 6.10 Å². The number of rotatable bonds is 6.